The van der Waals surface area contributed by atoms with E-state index in [0.29, 0.717) is 6.61 Å². The first-order chi connectivity index (χ1) is 9.68. The molecule has 0 amide bonds. The van der Waals surface area contributed by atoms with Gasteiger partial charge in [0, 0.05) is 0 Å². The predicted octanol–water partition coefficient (Wildman–Crippen LogP) is 3.00. The Morgan fingerprint density at radius 2 is 1.14 bits per heavy atom. The van der Waals surface area contributed by atoms with E-state index in [2.05, 4.69) is 58.9 Å². The third kappa shape index (κ3) is 7.35. The van der Waals surface area contributed by atoms with Gasteiger partial charge in [-0.2, -0.15) is 0 Å². The summed E-state index contributed by atoms with van der Waals surface area (Å²) in [4.78, 5) is 0. The maximum atomic E-state index is 10.3. The fourth-order valence-corrected chi connectivity index (χ4v) is 5.68. The molecule has 0 saturated carbocycles. The van der Waals surface area contributed by atoms with Gasteiger partial charge in [0.15, 0.2) is 31.2 Å². The molecule has 1 unspecified atom stereocenters. The summed E-state index contributed by atoms with van der Waals surface area (Å²) in [7, 11) is -5.39. The quantitative estimate of drug-likeness (QED) is 0.732. The second kappa shape index (κ2) is 7.14. The highest BCUT2D eigenvalue weighted by Crippen LogP contribution is 2.29. The van der Waals surface area contributed by atoms with Crippen molar-refractivity contribution >= 4 is 25.0 Å². The van der Waals surface area contributed by atoms with Gasteiger partial charge < -0.3 is 23.1 Å². The molecule has 0 bridgehead atoms. The van der Waals surface area contributed by atoms with Crippen LogP contribution in [0.5, 0.6) is 0 Å². The molecule has 0 spiro atoms. The van der Waals surface area contributed by atoms with Crippen LogP contribution >= 0.6 is 0 Å². The average molecular weight is 367 g/mol. The Kier molecular flexibility index (Phi) is 6.65. The van der Waals surface area contributed by atoms with Crippen molar-refractivity contribution in [2.75, 3.05) is 6.61 Å². The van der Waals surface area contributed by atoms with Gasteiger partial charge in [0.1, 0.15) is 12.2 Å². The molecule has 1 fully saturated rings. The lowest BCUT2D eigenvalue weighted by Gasteiger charge is -2.46. The topological polar surface area (TPSA) is 57.2 Å². The Hall–Kier alpha value is 0.451. The Balaban J connectivity index is 3.01. The fourth-order valence-electron chi connectivity index (χ4n) is 2.40. The van der Waals surface area contributed by atoms with Crippen molar-refractivity contribution in [2.45, 2.75) is 83.5 Å². The third-order valence-corrected chi connectivity index (χ3v) is 5.86. The van der Waals surface area contributed by atoms with Gasteiger partial charge in [-0.3, -0.25) is 0 Å². The van der Waals surface area contributed by atoms with Crippen molar-refractivity contribution in [3.63, 3.8) is 0 Å². The second-order valence-corrected chi connectivity index (χ2v) is 22.3. The summed E-state index contributed by atoms with van der Waals surface area (Å²) in [5.74, 6) is 0. The molecule has 1 saturated heterocycles. The Morgan fingerprint density at radius 1 is 0.727 bits per heavy atom. The minimum atomic E-state index is -1.84. The monoisotopic (exact) mass is 366 g/mol. The molecule has 0 aromatic heterocycles. The molecule has 1 aliphatic heterocycles. The first kappa shape index (κ1) is 20.5. The van der Waals surface area contributed by atoms with Gasteiger partial charge in [-0.25, -0.2) is 0 Å². The van der Waals surface area contributed by atoms with Gasteiger partial charge in [-0.1, -0.05) is 0 Å². The summed E-state index contributed by atoms with van der Waals surface area (Å²) in [6.45, 7) is 19.6. The van der Waals surface area contributed by atoms with Crippen molar-refractivity contribution in [1.82, 2.24) is 0 Å². The molecule has 4 atom stereocenters. The summed E-state index contributed by atoms with van der Waals surface area (Å²) in [6, 6.07) is 0. The van der Waals surface area contributed by atoms with Crippen LogP contribution in [0.3, 0.4) is 0 Å². The molecule has 0 aliphatic carbocycles. The number of hydrogen-bond donors (Lipinski definition) is 1. The maximum absolute atomic E-state index is 10.3. The number of hydrogen-bond acceptors (Lipinski definition) is 5. The number of aliphatic hydroxyl groups is 1. The van der Waals surface area contributed by atoms with Crippen LogP contribution in [0, 0.1) is 0 Å². The molecule has 5 nitrogen and oxygen atoms in total. The standard InChI is InChI=1S/C14H34O5Si3/c1-20(2,3)17-11-10-16-14(15)13(19-22(7,8)9)12(11)18-21(4,5)6/h11-15H,10H2,1-9H3/t11-,12+,13-,14?/m1/s1. The number of aliphatic hydroxyl groups excluding tert-OH is 1. The smallest absolute Gasteiger partial charge is 0.184 e. The van der Waals surface area contributed by atoms with Gasteiger partial charge in [0.2, 0.25) is 0 Å². The van der Waals surface area contributed by atoms with E-state index in [9.17, 15) is 5.11 Å². The molecule has 1 heterocycles. The van der Waals surface area contributed by atoms with E-state index >= 15 is 0 Å². The Bertz CT molecular complexity index is 359. The van der Waals surface area contributed by atoms with Gasteiger partial charge >= 0.3 is 0 Å². The summed E-state index contributed by atoms with van der Waals surface area (Å²) in [6.07, 6.45) is -1.87. The van der Waals surface area contributed by atoms with Gasteiger partial charge in [0.05, 0.1) is 12.7 Å². The minimum absolute atomic E-state index is 0.178. The van der Waals surface area contributed by atoms with E-state index < -0.39 is 37.3 Å². The maximum Gasteiger partial charge on any atom is 0.184 e. The molecule has 1 N–H and O–H groups in total. The molecule has 0 aromatic carbocycles. The molecule has 1 aliphatic rings. The number of rotatable bonds is 6. The second-order valence-electron chi connectivity index (χ2n) is 8.88. The first-order valence-corrected chi connectivity index (χ1v) is 18.2. The van der Waals surface area contributed by atoms with Crippen molar-refractivity contribution in [3.8, 4) is 0 Å². The van der Waals surface area contributed by atoms with E-state index in [4.69, 9.17) is 18.0 Å². The molecular formula is C14H34O5Si3. The highest BCUT2D eigenvalue weighted by molar-refractivity contribution is 6.70. The van der Waals surface area contributed by atoms with Crippen molar-refractivity contribution in [3.05, 3.63) is 0 Å². The fraction of sp³-hybridized carbons (Fsp3) is 1.00. The lowest BCUT2D eigenvalue weighted by Crippen LogP contribution is -2.61. The Morgan fingerprint density at radius 3 is 1.55 bits per heavy atom. The van der Waals surface area contributed by atoms with Crippen LogP contribution in [0.1, 0.15) is 0 Å². The van der Waals surface area contributed by atoms with E-state index in [0.717, 1.165) is 0 Å². The zero-order chi connectivity index (χ0) is 17.3. The lowest BCUT2D eigenvalue weighted by atomic mass is 10.1. The lowest BCUT2D eigenvalue weighted by molar-refractivity contribution is -0.240. The molecule has 8 heteroatoms. The molecule has 0 radical (unpaired) electrons. The molecule has 0 aromatic rings. The van der Waals surface area contributed by atoms with Crippen molar-refractivity contribution in [2.24, 2.45) is 0 Å². The van der Waals surface area contributed by atoms with E-state index in [1.54, 1.807) is 0 Å². The van der Waals surface area contributed by atoms with Crippen LogP contribution in [0.15, 0.2) is 0 Å². The largest absolute Gasteiger partial charge is 0.410 e. The molecule has 132 valence electrons. The number of ether oxygens (including phenoxy) is 1. The summed E-state index contributed by atoms with van der Waals surface area (Å²) in [5, 5.41) is 10.3. The van der Waals surface area contributed by atoms with Crippen LogP contribution < -0.4 is 0 Å². The van der Waals surface area contributed by atoms with Gasteiger partial charge in [0.25, 0.3) is 0 Å². The zero-order valence-electron chi connectivity index (χ0n) is 15.6. The van der Waals surface area contributed by atoms with E-state index in [-0.39, 0.29) is 12.2 Å². The zero-order valence-corrected chi connectivity index (χ0v) is 18.6. The van der Waals surface area contributed by atoms with Gasteiger partial charge in [-0.05, 0) is 58.9 Å². The Labute approximate surface area is 138 Å². The highest BCUT2D eigenvalue weighted by atomic mass is 28.4. The summed E-state index contributed by atoms with van der Waals surface area (Å²) >= 11 is 0. The van der Waals surface area contributed by atoms with E-state index in [1.165, 1.54) is 0 Å². The average Bonchev–Trinajstić information content (AvgIpc) is 2.22. The van der Waals surface area contributed by atoms with E-state index in [1.807, 2.05) is 0 Å². The molecule has 22 heavy (non-hydrogen) atoms. The summed E-state index contributed by atoms with van der Waals surface area (Å²) in [5.41, 5.74) is 0. The van der Waals surface area contributed by atoms with Crippen LogP contribution in [-0.2, 0) is 18.0 Å². The highest BCUT2D eigenvalue weighted by Gasteiger charge is 2.46. The van der Waals surface area contributed by atoms with Crippen LogP contribution in [-0.4, -0.2) is 61.3 Å². The van der Waals surface area contributed by atoms with Crippen molar-refractivity contribution < 1.29 is 23.1 Å². The van der Waals surface area contributed by atoms with Gasteiger partial charge in [-0.15, -0.1) is 0 Å². The van der Waals surface area contributed by atoms with Crippen molar-refractivity contribution in [1.29, 1.82) is 0 Å². The molecular weight excluding hydrogens is 332 g/mol. The first-order valence-electron chi connectivity index (χ1n) is 8.01. The van der Waals surface area contributed by atoms with Crippen LogP contribution in [0.4, 0.5) is 0 Å². The normalized spacial score (nSPS) is 31.4. The molecule has 1 rings (SSSR count). The summed E-state index contributed by atoms with van der Waals surface area (Å²) < 4.78 is 24.3. The third-order valence-electron chi connectivity index (χ3n) is 2.89. The van der Waals surface area contributed by atoms with Crippen LogP contribution in [0.25, 0.3) is 0 Å². The SMILES string of the molecule is C[Si](C)(C)O[C@H]1[C@H](O[Si](C)(C)C)COC(O)[C@@H]1O[Si](C)(C)C. The van der Waals surface area contributed by atoms with Crippen LogP contribution in [0.2, 0.25) is 58.9 Å². The minimum Gasteiger partial charge on any atom is -0.410 e. The predicted molar refractivity (Wildman–Crippen MR) is 96.6 cm³/mol.